The molecule has 24 heavy (non-hydrogen) atoms. The first kappa shape index (κ1) is 15.9. The Morgan fingerprint density at radius 1 is 1.12 bits per heavy atom. The molecule has 3 rings (SSSR count). The van der Waals surface area contributed by atoms with Crippen molar-refractivity contribution in [3.8, 4) is 0 Å². The maximum absolute atomic E-state index is 12.1. The highest BCUT2D eigenvalue weighted by atomic mass is 32.2. The van der Waals surface area contributed by atoms with E-state index < -0.39 is 10.0 Å². The van der Waals surface area contributed by atoms with Crippen molar-refractivity contribution in [2.75, 3.05) is 17.0 Å². The molecule has 0 atom stereocenters. The van der Waals surface area contributed by atoms with Gasteiger partial charge in [0, 0.05) is 36.9 Å². The van der Waals surface area contributed by atoms with Gasteiger partial charge in [0.1, 0.15) is 0 Å². The maximum atomic E-state index is 12.1. The number of carbonyl (C=O) groups is 1. The Kier molecular flexibility index (Phi) is 4.43. The zero-order chi connectivity index (χ0) is 17.0. The monoisotopic (exact) mass is 345 g/mol. The minimum Gasteiger partial charge on any atom is -0.351 e. The molecule has 2 N–H and O–H groups in total. The van der Waals surface area contributed by atoms with Gasteiger partial charge in [-0.1, -0.05) is 0 Å². The van der Waals surface area contributed by atoms with Crippen LogP contribution in [0.3, 0.4) is 0 Å². The van der Waals surface area contributed by atoms with Gasteiger partial charge in [0.2, 0.25) is 10.0 Å². The van der Waals surface area contributed by atoms with Crippen LogP contribution in [0.4, 0.5) is 5.69 Å². The molecule has 8 nitrogen and oxygen atoms in total. The number of pyridine rings is 2. The smallest absolute Gasteiger partial charge is 0.251 e. The molecular formula is C15H15N5O3S. The number of carbonyl (C=O) groups excluding carboxylic acids is 1. The van der Waals surface area contributed by atoms with E-state index in [1.54, 1.807) is 47.2 Å². The van der Waals surface area contributed by atoms with E-state index in [0.717, 1.165) is 5.52 Å². The van der Waals surface area contributed by atoms with E-state index in [-0.39, 0.29) is 18.2 Å². The summed E-state index contributed by atoms with van der Waals surface area (Å²) in [5.41, 5.74) is 1.66. The molecule has 0 spiro atoms. The summed E-state index contributed by atoms with van der Waals surface area (Å²) in [5.74, 6) is -0.567. The molecule has 124 valence electrons. The van der Waals surface area contributed by atoms with E-state index in [1.165, 1.54) is 12.4 Å². The molecule has 3 heterocycles. The molecule has 0 radical (unpaired) electrons. The van der Waals surface area contributed by atoms with E-state index in [9.17, 15) is 13.2 Å². The van der Waals surface area contributed by atoms with Crippen molar-refractivity contribution in [1.29, 1.82) is 0 Å². The normalized spacial score (nSPS) is 11.3. The van der Waals surface area contributed by atoms with Gasteiger partial charge in [-0.25, -0.2) is 12.9 Å². The summed E-state index contributed by atoms with van der Waals surface area (Å²) in [6.45, 7) is 0.00537. The summed E-state index contributed by atoms with van der Waals surface area (Å²) in [4.78, 5) is 15.7. The summed E-state index contributed by atoms with van der Waals surface area (Å²) in [7, 11) is -3.57. The van der Waals surface area contributed by atoms with Gasteiger partial charge in [-0.05, 0) is 30.3 Å². The molecular weight excluding hydrogens is 330 g/mol. The maximum Gasteiger partial charge on any atom is 0.251 e. The lowest BCUT2D eigenvalue weighted by molar-refractivity contribution is 0.0956. The summed E-state index contributed by atoms with van der Waals surface area (Å²) in [5, 5.41) is 6.61. The fourth-order valence-electron chi connectivity index (χ4n) is 2.12. The molecule has 0 saturated carbocycles. The second kappa shape index (κ2) is 6.67. The second-order valence-corrected chi connectivity index (χ2v) is 6.87. The van der Waals surface area contributed by atoms with Crippen molar-refractivity contribution in [2.45, 2.75) is 0 Å². The molecule has 3 aromatic rings. The molecule has 0 aliphatic carbocycles. The van der Waals surface area contributed by atoms with E-state index in [1.807, 2.05) is 0 Å². The minimum atomic E-state index is -3.57. The van der Waals surface area contributed by atoms with Crippen molar-refractivity contribution in [1.82, 2.24) is 19.9 Å². The Morgan fingerprint density at radius 3 is 2.71 bits per heavy atom. The lowest BCUT2D eigenvalue weighted by Gasteiger charge is -2.09. The Balaban J connectivity index is 1.57. The van der Waals surface area contributed by atoms with Gasteiger partial charge in [0.15, 0.2) is 0 Å². The quantitative estimate of drug-likeness (QED) is 0.690. The van der Waals surface area contributed by atoms with Gasteiger partial charge >= 0.3 is 0 Å². The van der Waals surface area contributed by atoms with E-state index >= 15 is 0 Å². The van der Waals surface area contributed by atoms with E-state index in [4.69, 9.17) is 0 Å². The highest BCUT2D eigenvalue weighted by molar-refractivity contribution is 7.92. The molecule has 0 unspecified atom stereocenters. The van der Waals surface area contributed by atoms with E-state index in [2.05, 4.69) is 20.1 Å². The Hall–Kier alpha value is -2.94. The average molecular weight is 345 g/mol. The molecule has 3 aromatic heterocycles. The number of hydrogen-bond donors (Lipinski definition) is 2. The van der Waals surface area contributed by atoms with Gasteiger partial charge in [0.25, 0.3) is 5.91 Å². The molecule has 0 saturated heterocycles. The highest BCUT2D eigenvalue weighted by Crippen LogP contribution is 2.13. The van der Waals surface area contributed by atoms with Crippen LogP contribution in [0.15, 0.2) is 55.1 Å². The number of aromatic nitrogens is 3. The zero-order valence-electron chi connectivity index (χ0n) is 12.6. The van der Waals surface area contributed by atoms with Gasteiger partial charge in [-0.3, -0.25) is 14.5 Å². The van der Waals surface area contributed by atoms with Crippen LogP contribution in [-0.2, 0) is 10.0 Å². The van der Waals surface area contributed by atoms with E-state index in [0.29, 0.717) is 11.3 Å². The first-order valence-corrected chi connectivity index (χ1v) is 8.81. The third-order valence-electron chi connectivity index (χ3n) is 3.27. The summed E-state index contributed by atoms with van der Waals surface area (Å²) >= 11 is 0. The predicted molar refractivity (Wildman–Crippen MR) is 89.2 cm³/mol. The number of anilines is 1. The lowest BCUT2D eigenvalue weighted by Crippen LogP contribution is -2.31. The van der Waals surface area contributed by atoms with Gasteiger partial charge in [-0.2, -0.15) is 5.10 Å². The summed E-state index contributed by atoms with van der Waals surface area (Å²) < 4.78 is 28.3. The van der Waals surface area contributed by atoms with Crippen LogP contribution >= 0.6 is 0 Å². The van der Waals surface area contributed by atoms with Gasteiger partial charge in [0.05, 0.1) is 17.0 Å². The van der Waals surface area contributed by atoms with Crippen molar-refractivity contribution >= 4 is 27.1 Å². The van der Waals surface area contributed by atoms with Crippen LogP contribution < -0.4 is 10.0 Å². The second-order valence-electron chi connectivity index (χ2n) is 5.03. The third kappa shape index (κ3) is 3.87. The van der Waals surface area contributed by atoms with Crippen LogP contribution in [0.5, 0.6) is 0 Å². The number of nitrogens with one attached hydrogen (secondary N) is 2. The minimum absolute atomic E-state index is 0.00537. The Morgan fingerprint density at radius 2 is 1.92 bits per heavy atom. The summed E-state index contributed by atoms with van der Waals surface area (Å²) in [6, 6.07) is 8.19. The number of rotatable bonds is 6. The van der Waals surface area contributed by atoms with Crippen molar-refractivity contribution in [2.24, 2.45) is 0 Å². The Bertz CT molecular complexity index is 953. The molecule has 1 amide bonds. The van der Waals surface area contributed by atoms with Crippen LogP contribution in [-0.4, -0.2) is 41.2 Å². The van der Waals surface area contributed by atoms with Crippen molar-refractivity contribution in [3.05, 3.63) is 60.7 Å². The average Bonchev–Trinajstić information content (AvgIpc) is 3.02. The number of hydrogen-bond acceptors (Lipinski definition) is 5. The fraction of sp³-hybridized carbons (Fsp3) is 0.133. The number of nitrogens with zero attached hydrogens (tertiary/aromatic N) is 3. The van der Waals surface area contributed by atoms with Crippen LogP contribution in [0.1, 0.15) is 10.4 Å². The zero-order valence-corrected chi connectivity index (χ0v) is 13.4. The largest absolute Gasteiger partial charge is 0.351 e. The van der Waals surface area contributed by atoms with Crippen molar-refractivity contribution < 1.29 is 13.2 Å². The number of sulfonamides is 1. The topological polar surface area (TPSA) is 105 Å². The molecule has 0 aliphatic heterocycles. The SMILES string of the molecule is O=C(NCCS(=O)(=O)Nc1ccn2nccc2c1)c1ccncc1. The third-order valence-corrected chi connectivity index (χ3v) is 4.56. The standard InChI is InChI=1S/C15H15N5O3S/c21-15(12-1-5-16-6-2-12)17-8-10-24(22,23)19-13-4-9-20-14(11-13)3-7-18-20/h1-7,9,11,19H,8,10H2,(H,17,21). The fourth-order valence-corrected chi connectivity index (χ4v) is 3.08. The highest BCUT2D eigenvalue weighted by Gasteiger charge is 2.12. The lowest BCUT2D eigenvalue weighted by atomic mass is 10.2. The summed E-state index contributed by atoms with van der Waals surface area (Å²) in [6.07, 6.45) is 6.29. The number of amides is 1. The van der Waals surface area contributed by atoms with Crippen molar-refractivity contribution in [3.63, 3.8) is 0 Å². The Labute approximate surface area is 138 Å². The first-order chi connectivity index (χ1) is 11.5. The van der Waals surface area contributed by atoms with Gasteiger partial charge < -0.3 is 5.32 Å². The van der Waals surface area contributed by atoms with Crippen LogP contribution in [0.25, 0.3) is 5.52 Å². The molecule has 0 fully saturated rings. The molecule has 0 bridgehead atoms. The van der Waals surface area contributed by atoms with Crippen LogP contribution in [0.2, 0.25) is 0 Å². The molecule has 9 heteroatoms. The first-order valence-electron chi connectivity index (χ1n) is 7.16. The van der Waals surface area contributed by atoms with Crippen LogP contribution in [0, 0.1) is 0 Å². The predicted octanol–water partition coefficient (Wildman–Crippen LogP) is 0.901. The molecule has 0 aliphatic rings. The molecule has 0 aromatic carbocycles. The van der Waals surface area contributed by atoms with Gasteiger partial charge in [-0.15, -0.1) is 0 Å². The number of fused-ring (bicyclic) bond motifs is 1.